The van der Waals surface area contributed by atoms with Crippen LogP contribution in [0, 0.1) is 5.92 Å². The number of hydrogen-bond acceptors (Lipinski definition) is 5. The zero-order valence-corrected chi connectivity index (χ0v) is 20.1. The maximum Gasteiger partial charge on any atom is 0.412 e. The SMILES string of the molecule is C[C@@H]1CN(OCc2ccccc2)C(=O)[C@@H]1N(C(=O)O)c1ccc2c(c1)[C@]1(C)CCN(C)C1N2C. The van der Waals surface area contributed by atoms with Gasteiger partial charge in [0.25, 0.3) is 5.91 Å². The molecule has 3 heterocycles. The normalized spacial score (nSPS) is 28.4. The minimum Gasteiger partial charge on any atom is -0.465 e. The number of hydroxylamine groups is 2. The minimum absolute atomic E-state index is 0.0881. The molecule has 0 spiro atoms. The molecule has 3 aliphatic heterocycles. The molecule has 2 amide bonds. The molecule has 2 fully saturated rings. The van der Waals surface area contributed by atoms with E-state index in [0.717, 1.165) is 29.8 Å². The lowest BCUT2D eigenvalue weighted by molar-refractivity contribution is -0.183. The summed E-state index contributed by atoms with van der Waals surface area (Å²) in [5.41, 5.74) is 3.66. The molecule has 0 saturated carbocycles. The van der Waals surface area contributed by atoms with Crippen molar-refractivity contribution in [2.75, 3.05) is 37.0 Å². The largest absolute Gasteiger partial charge is 0.465 e. The van der Waals surface area contributed by atoms with Gasteiger partial charge in [-0.2, -0.15) is 0 Å². The van der Waals surface area contributed by atoms with E-state index in [4.69, 9.17) is 4.84 Å². The Kier molecular flexibility index (Phi) is 5.53. The van der Waals surface area contributed by atoms with Crippen LogP contribution in [0.5, 0.6) is 0 Å². The number of amides is 2. The molecule has 2 saturated heterocycles. The van der Waals surface area contributed by atoms with Crippen LogP contribution in [0.3, 0.4) is 0 Å². The summed E-state index contributed by atoms with van der Waals surface area (Å²) in [4.78, 5) is 37.4. The maximum absolute atomic E-state index is 13.3. The summed E-state index contributed by atoms with van der Waals surface area (Å²) in [5.74, 6) is -0.538. The second-order valence-corrected chi connectivity index (χ2v) is 10.1. The average Bonchev–Trinajstić information content (AvgIpc) is 3.36. The Hall–Kier alpha value is -3.10. The molecule has 0 radical (unpaired) electrons. The van der Waals surface area contributed by atoms with Crippen LogP contribution in [-0.4, -0.2) is 66.5 Å². The fourth-order valence-electron chi connectivity index (χ4n) is 6.15. The molecule has 1 N–H and O–H groups in total. The summed E-state index contributed by atoms with van der Waals surface area (Å²) < 4.78 is 0. The molecule has 1 unspecified atom stereocenters. The van der Waals surface area contributed by atoms with E-state index in [-0.39, 0.29) is 30.0 Å². The van der Waals surface area contributed by atoms with Crippen molar-refractivity contribution in [3.8, 4) is 0 Å². The Balaban J connectivity index is 1.42. The fourth-order valence-corrected chi connectivity index (χ4v) is 6.15. The molecule has 3 aliphatic rings. The molecule has 8 heteroatoms. The number of carboxylic acid groups (broad SMARTS) is 1. The first-order chi connectivity index (χ1) is 16.2. The van der Waals surface area contributed by atoms with Gasteiger partial charge in [0.15, 0.2) is 0 Å². The van der Waals surface area contributed by atoms with Crippen LogP contribution in [0.1, 0.15) is 31.4 Å². The second-order valence-electron chi connectivity index (χ2n) is 10.1. The average molecular weight is 465 g/mol. The molecule has 0 aromatic heterocycles. The van der Waals surface area contributed by atoms with Crippen LogP contribution in [0.4, 0.5) is 16.2 Å². The fraction of sp³-hybridized carbons (Fsp3) is 0.462. The summed E-state index contributed by atoms with van der Waals surface area (Å²) in [6, 6.07) is 14.6. The Morgan fingerprint density at radius 2 is 1.94 bits per heavy atom. The zero-order valence-electron chi connectivity index (χ0n) is 20.1. The number of benzene rings is 2. The molecule has 2 aromatic carbocycles. The third-order valence-corrected chi connectivity index (χ3v) is 7.80. The molecule has 8 nitrogen and oxygen atoms in total. The Morgan fingerprint density at radius 3 is 2.65 bits per heavy atom. The van der Waals surface area contributed by atoms with Gasteiger partial charge in [-0.05, 0) is 42.8 Å². The Labute approximate surface area is 200 Å². The van der Waals surface area contributed by atoms with Crippen molar-refractivity contribution in [3.63, 3.8) is 0 Å². The topological polar surface area (TPSA) is 76.6 Å². The van der Waals surface area contributed by atoms with E-state index in [9.17, 15) is 14.7 Å². The van der Waals surface area contributed by atoms with Crippen molar-refractivity contribution < 1.29 is 19.5 Å². The minimum atomic E-state index is -1.13. The maximum atomic E-state index is 13.3. The highest BCUT2D eigenvalue weighted by atomic mass is 16.7. The van der Waals surface area contributed by atoms with Crippen molar-refractivity contribution >= 4 is 23.4 Å². The molecule has 0 bridgehead atoms. The van der Waals surface area contributed by atoms with E-state index < -0.39 is 12.1 Å². The number of rotatable bonds is 5. The first kappa shape index (κ1) is 22.7. The molecule has 180 valence electrons. The second kappa shape index (κ2) is 8.29. The molecular weight excluding hydrogens is 432 g/mol. The molecule has 2 aromatic rings. The van der Waals surface area contributed by atoms with Crippen LogP contribution < -0.4 is 9.80 Å². The summed E-state index contributed by atoms with van der Waals surface area (Å²) >= 11 is 0. The first-order valence-corrected chi connectivity index (χ1v) is 11.8. The van der Waals surface area contributed by atoms with Crippen molar-refractivity contribution in [2.24, 2.45) is 5.92 Å². The third-order valence-electron chi connectivity index (χ3n) is 7.80. The lowest BCUT2D eigenvalue weighted by atomic mass is 9.81. The smallest absolute Gasteiger partial charge is 0.412 e. The highest BCUT2D eigenvalue weighted by molar-refractivity contribution is 5.98. The van der Waals surface area contributed by atoms with Gasteiger partial charge in [0.05, 0.1) is 12.7 Å². The van der Waals surface area contributed by atoms with E-state index >= 15 is 0 Å². The van der Waals surface area contributed by atoms with E-state index in [1.54, 1.807) is 0 Å². The van der Waals surface area contributed by atoms with Crippen molar-refractivity contribution in [2.45, 2.75) is 44.5 Å². The van der Waals surface area contributed by atoms with Gasteiger partial charge in [-0.15, -0.1) is 0 Å². The van der Waals surface area contributed by atoms with Gasteiger partial charge in [-0.1, -0.05) is 44.2 Å². The summed E-state index contributed by atoms with van der Waals surface area (Å²) in [7, 11) is 4.22. The highest BCUT2D eigenvalue weighted by Crippen LogP contribution is 2.52. The van der Waals surface area contributed by atoms with Gasteiger partial charge < -0.3 is 10.0 Å². The number of carbonyl (C=O) groups excluding carboxylic acids is 1. The van der Waals surface area contributed by atoms with Gasteiger partial charge in [0.2, 0.25) is 0 Å². The number of fused-ring (bicyclic) bond motifs is 3. The lowest BCUT2D eigenvalue weighted by Gasteiger charge is -2.32. The van der Waals surface area contributed by atoms with Crippen molar-refractivity contribution in [1.29, 1.82) is 0 Å². The van der Waals surface area contributed by atoms with Gasteiger partial charge >= 0.3 is 6.09 Å². The standard InChI is InChI=1S/C26H32N4O4/c1-17-15-29(34-16-18-8-6-5-7-9-18)23(31)22(17)30(25(32)33)19-10-11-21-20(14-19)26(2)12-13-27(3)24(26)28(21)4/h5-11,14,17,22,24H,12-13,15-16H2,1-4H3,(H,32,33)/t17-,22-,24?,26+/m1/s1. The van der Waals surface area contributed by atoms with E-state index in [1.807, 2.05) is 55.5 Å². The summed E-state index contributed by atoms with van der Waals surface area (Å²) in [5, 5.41) is 11.5. The molecule has 5 rings (SSSR count). The quantitative estimate of drug-likeness (QED) is 0.730. The van der Waals surface area contributed by atoms with Crippen LogP contribution in [0.25, 0.3) is 0 Å². The van der Waals surface area contributed by atoms with Gasteiger partial charge in [0.1, 0.15) is 12.6 Å². The van der Waals surface area contributed by atoms with Crippen LogP contribution in [-0.2, 0) is 21.7 Å². The van der Waals surface area contributed by atoms with Crippen LogP contribution in [0.15, 0.2) is 48.5 Å². The monoisotopic (exact) mass is 464 g/mol. The van der Waals surface area contributed by atoms with E-state index in [2.05, 4.69) is 30.8 Å². The van der Waals surface area contributed by atoms with Crippen LogP contribution >= 0.6 is 0 Å². The van der Waals surface area contributed by atoms with Crippen LogP contribution in [0.2, 0.25) is 0 Å². The number of carbonyl (C=O) groups is 2. The number of hydrogen-bond donors (Lipinski definition) is 1. The first-order valence-electron chi connectivity index (χ1n) is 11.8. The number of likely N-dealkylation sites (tertiary alicyclic amines) is 1. The molecule has 4 atom stereocenters. The third kappa shape index (κ3) is 3.44. The van der Waals surface area contributed by atoms with E-state index in [1.165, 1.54) is 9.96 Å². The molecule has 34 heavy (non-hydrogen) atoms. The lowest BCUT2D eigenvalue weighted by Crippen LogP contribution is -2.47. The van der Waals surface area contributed by atoms with Gasteiger partial charge in [0, 0.05) is 36.3 Å². The predicted molar refractivity (Wildman–Crippen MR) is 130 cm³/mol. The Morgan fingerprint density at radius 1 is 1.21 bits per heavy atom. The molecular formula is C26H32N4O4. The predicted octanol–water partition coefficient (Wildman–Crippen LogP) is 3.52. The summed E-state index contributed by atoms with van der Waals surface area (Å²) in [6.45, 7) is 5.75. The summed E-state index contributed by atoms with van der Waals surface area (Å²) in [6.07, 6.45) is 0.110. The molecule has 0 aliphatic carbocycles. The van der Waals surface area contributed by atoms with Crippen molar-refractivity contribution in [3.05, 3.63) is 59.7 Å². The Bertz CT molecular complexity index is 1110. The van der Waals surface area contributed by atoms with E-state index in [0.29, 0.717) is 12.2 Å². The zero-order chi connectivity index (χ0) is 24.2. The number of anilines is 2. The van der Waals surface area contributed by atoms with Crippen molar-refractivity contribution in [1.82, 2.24) is 9.96 Å². The highest BCUT2D eigenvalue weighted by Gasteiger charge is 2.53. The number of likely N-dealkylation sites (N-methyl/N-ethyl adjacent to an activating group) is 2. The van der Waals surface area contributed by atoms with Gasteiger partial charge in [-0.3, -0.25) is 19.4 Å². The van der Waals surface area contributed by atoms with Gasteiger partial charge in [-0.25, -0.2) is 9.86 Å². The number of nitrogens with zero attached hydrogens (tertiary/aromatic N) is 4.